The van der Waals surface area contributed by atoms with Crippen LogP contribution in [0.2, 0.25) is 0 Å². The highest BCUT2D eigenvalue weighted by Gasteiger charge is 2.61. The molecular formula is C22H30N2O2. The fourth-order valence-electron chi connectivity index (χ4n) is 7.14. The fraction of sp³-hybridized carbons (Fsp3) is 0.727. The topological polar surface area (TPSA) is 55.1 Å². The molecule has 26 heavy (non-hydrogen) atoms. The molecule has 1 N–H and O–H groups in total. The molecule has 1 aromatic rings. The summed E-state index contributed by atoms with van der Waals surface area (Å²) in [6, 6.07) is -0.0300. The molecule has 3 saturated carbocycles. The third-order valence-electron chi connectivity index (χ3n) is 8.69. The second-order valence-electron chi connectivity index (χ2n) is 9.74. The summed E-state index contributed by atoms with van der Waals surface area (Å²) in [6.45, 7) is 4.67. The van der Waals surface area contributed by atoms with Crippen LogP contribution in [0, 0.1) is 28.6 Å². The van der Waals surface area contributed by atoms with Crippen LogP contribution in [0.4, 0.5) is 0 Å². The van der Waals surface area contributed by atoms with E-state index in [1.54, 1.807) is 6.20 Å². The lowest BCUT2D eigenvalue weighted by Gasteiger charge is -2.56. The molecule has 0 radical (unpaired) electrons. The average molecular weight is 354 g/mol. The number of allylic oxidation sites excluding steroid dienone is 1. The Morgan fingerprint density at radius 1 is 1.19 bits per heavy atom. The van der Waals surface area contributed by atoms with Crippen LogP contribution in [-0.4, -0.2) is 26.5 Å². The van der Waals surface area contributed by atoms with Gasteiger partial charge in [-0.15, -0.1) is 0 Å². The van der Waals surface area contributed by atoms with E-state index >= 15 is 0 Å². The molecule has 0 aromatic carbocycles. The Hall–Kier alpha value is -1.42. The Labute approximate surface area is 155 Å². The van der Waals surface area contributed by atoms with Crippen molar-refractivity contribution >= 4 is 5.78 Å². The van der Waals surface area contributed by atoms with E-state index in [4.69, 9.17) is 0 Å². The number of aromatic nitrogens is 2. The number of carbonyl (C=O) groups excluding carboxylic acids is 1. The van der Waals surface area contributed by atoms with Crippen LogP contribution in [0.25, 0.3) is 0 Å². The Bertz CT molecular complexity index is 754. The van der Waals surface area contributed by atoms with E-state index in [1.165, 1.54) is 5.57 Å². The summed E-state index contributed by atoms with van der Waals surface area (Å²) >= 11 is 0. The molecule has 7 atom stereocenters. The minimum Gasteiger partial charge on any atom is -0.393 e. The average Bonchev–Trinajstić information content (AvgIpc) is 3.23. The van der Waals surface area contributed by atoms with E-state index in [-0.39, 0.29) is 23.0 Å². The molecule has 0 unspecified atom stereocenters. The van der Waals surface area contributed by atoms with Gasteiger partial charge in [0, 0.05) is 17.8 Å². The molecular weight excluding hydrogens is 324 g/mol. The zero-order valence-corrected chi connectivity index (χ0v) is 15.9. The van der Waals surface area contributed by atoms with Gasteiger partial charge in [0.2, 0.25) is 0 Å². The van der Waals surface area contributed by atoms with Crippen molar-refractivity contribution in [3.05, 3.63) is 30.4 Å². The minimum absolute atomic E-state index is 0.0300. The number of hydrogen-bond donors (Lipinski definition) is 1. The number of aliphatic hydroxyl groups excluding tert-OH is 1. The van der Waals surface area contributed by atoms with Gasteiger partial charge in [0.05, 0.1) is 18.5 Å². The van der Waals surface area contributed by atoms with Gasteiger partial charge in [0.25, 0.3) is 0 Å². The minimum atomic E-state index is -0.175. The van der Waals surface area contributed by atoms with Crippen LogP contribution in [0.5, 0.6) is 0 Å². The second-order valence-corrected chi connectivity index (χ2v) is 9.74. The number of rotatable bonds is 1. The van der Waals surface area contributed by atoms with Crippen molar-refractivity contribution in [2.75, 3.05) is 0 Å². The molecule has 0 spiro atoms. The predicted molar refractivity (Wildman–Crippen MR) is 99.4 cm³/mol. The first-order valence-electron chi connectivity index (χ1n) is 10.3. The number of nitrogens with zero attached hydrogens (tertiary/aromatic N) is 2. The smallest absolute Gasteiger partial charge is 0.161 e. The maximum Gasteiger partial charge on any atom is 0.161 e. The van der Waals surface area contributed by atoms with Gasteiger partial charge in [-0.3, -0.25) is 4.79 Å². The van der Waals surface area contributed by atoms with Gasteiger partial charge in [0.1, 0.15) is 0 Å². The van der Waals surface area contributed by atoms with Crippen LogP contribution in [0.1, 0.15) is 64.8 Å². The standard InChI is InChI=1S/C22H30N2O2/c1-21-7-5-15(25)11-14(21)3-4-16-17(21)6-8-22(2)18(16)12-19(20(22)26)24-10-9-23-13-24/h3,9-10,13,15-19,25H,4-8,11-12H2,1-2H3/t15-,16+,17-,18-,19-,21-,22-/m0/s1. The fourth-order valence-corrected chi connectivity index (χ4v) is 7.14. The number of hydrogen-bond acceptors (Lipinski definition) is 3. The third-order valence-corrected chi connectivity index (χ3v) is 8.69. The van der Waals surface area contributed by atoms with Crippen molar-refractivity contribution in [3.8, 4) is 0 Å². The van der Waals surface area contributed by atoms with Gasteiger partial charge in [-0.1, -0.05) is 25.5 Å². The normalized spacial score (nSPS) is 47.7. The maximum absolute atomic E-state index is 13.3. The van der Waals surface area contributed by atoms with Crippen molar-refractivity contribution in [3.63, 3.8) is 0 Å². The first kappa shape index (κ1) is 16.7. The Kier molecular flexibility index (Phi) is 3.57. The lowest BCUT2D eigenvalue weighted by atomic mass is 9.48. The van der Waals surface area contributed by atoms with E-state index in [0.29, 0.717) is 23.5 Å². The summed E-state index contributed by atoms with van der Waals surface area (Å²) in [6.07, 6.45) is 14.9. The molecule has 1 aromatic heterocycles. The summed E-state index contributed by atoms with van der Waals surface area (Å²) in [7, 11) is 0. The molecule has 4 aliphatic carbocycles. The Morgan fingerprint density at radius 3 is 2.77 bits per heavy atom. The predicted octanol–water partition coefficient (Wildman–Crippen LogP) is 3.93. The molecule has 3 fully saturated rings. The number of fused-ring (bicyclic) bond motifs is 5. The van der Waals surface area contributed by atoms with Crippen LogP contribution in [-0.2, 0) is 4.79 Å². The quantitative estimate of drug-likeness (QED) is 0.778. The van der Waals surface area contributed by atoms with E-state index in [9.17, 15) is 9.90 Å². The van der Waals surface area contributed by atoms with Crippen LogP contribution >= 0.6 is 0 Å². The zero-order chi connectivity index (χ0) is 18.1. The molecule has 4 nitrogen and oxygen atoms in total. The maximum atomic E-state index is 13.3. The number of imidazole rings is 1. The van der Waals surface area contributed by atoms with E-state index in [2.05, 4.69) is 24.9 Å². The Balaban J connectivity index is 1.50. The highest BCUT2D eigenvalue weighted by molar-refractivity contribution is 5.91. The molecule has 140 valence electrons. The Morgan fingerprint density at radius 2 is 2.00 bits per heavy atom. The first-order chi connectivity index (χ1) is 12.4. The van der Waals surface area contributed by atoms with Gasteiger partial charge in [0.15, 0.2) is 5.78 Å². The van der Waals surface area contributed by atoms with Gasteiger partial charge >= 0.3 is 0 Å². The van der Waals surface area contributed by atoms with Crippen molar-refractivity contribution in [2.45, 2.75) is 70.9 Å². The van der Waals surface area contributed by atoms with Crippen molar-refractivity contribution in [1.82, 2.24) is 9.55 Å². The first-order valence-corrected chi connectivity index (χ1v) is 10.3. The molecule has 0 amide bonds. The van der Waals surface area contributed by atoms with Gasteiger partial charge in [-0.2, -0.15) is 0 Å². The lowest BCUT2D eigenvalue weighted by Crippen LogP contribution is -2.50. The molecule has 4 heteroatoms. The SMILES string of the molecule is C[C@]12CC[C@H](O)CC1=CC[C@@H]1[C@@H]2CC[C@]2(C)C(=O)[C@@H](n3ccnc3)C[C@@H]12. The van der Waals surface area contributed by atoms with Gasteiger partial charge in [-0.25, -0.2) is 4.98 Å². The van der Waals surface area contributed by atoms with E-state index < -0.39 is 0 Å². The summed E-state index contributed by atoms with van der Waals surface area (Å²) in [5.74, 6) is 2.18. The highest BCUT2D eigenvalue weighted by atomic mass is 16.3. The molecule has 0 aliphatic heterocycles. The molecule has 5 rings (SSSR count). The van der Waals surface area contributed by atoms with E-state index in [1.807, 2.05) is 17.1 Å². The molecule has 4 aliphatic rings. The number of aliphatic hydroxyl groups is 1. The largest absolute Gasteiger partial charge is 0.393 e. The van der Waals surface area contributed by atoms with Crippen LogP contribution in [0.3, 0.4) is 0 Å². The summed E-state index contributed by atoms with van der Waals surface area (Å²) in [5, 5.41) is 10.1. The molecule has 0 saturated heterocycles. The molecule has 0 bridgehead atoms. The zero-order valence-electron chi connectivity index (χ0n) is 15.9. The summed E-state index contributed by atoms with van der Waals surface area (Å²) < 4.78 is 2.03. The van der Waals surface area contributed by atoms with Crippen molar-refractivity contribution in [1.29, 1.82) is 0 Å². The second kappa shape index (κ2) is 5.54. The highest BCUT2D eigenvalue weighted by Crippen LogP contribution is 2.65. The van der Waals surface area contributed by atoms with Crippen LogP contribution < -0.4 is 0 Å². The summed E-state index contributed by atoms with van der Waals surface area (Å²) in [4.78, 5) is 17.5. The van der Waals surface area contributed by atoms with E-state index in [0.717, 1.165) is 44.9 Å². The number of carbonyl (C=O) groups is 1. The monoisotopic (exact) mass is 354 g/mol. The number of ketones is 1. The third kappa shape index (κ3) is 2.11. The van der Waals surface area contributed by atoms with Gasteiger partial charge in [-0.05, 0) is 68.1 Å². The van der Waals surface area contributed by atoms with Crippen LogP contribution in [0.15, 0.2) is 30.4 Å². The lowest BCUT2D eigenvalue weighted by molar-refractivity contribution is -0.133. The van der Waals surface area contributed by atoms with Gasteiger partial charge < -0.3 is 9.67 Å². The van der Waals surface area contributed by atoms with Crippen molar-refractivity contribution < 1.29 is 9.90 Å². The number of Topliss-reactive ketones (excluding diaryl/α,β-unsaturated/α-hetero) is 1. The summed E-state index contributed by atoms with van der Waals surface area (Å²) in [5.41, 5.74) is 1.56. The molecule has 1 heterocycles. The van der Waals surface area contributed by atoms with Crippen molar-refractivity contribution in [2.24, 2.45) is 28.6 Å².